The SMILES string of the molecule is C[C@@H]1CCC[C@H](n2cnc(-c3c(-n4ccnn4)ccc(Cl)c3F)cc2=O)c2cc(ccn2)-c2ccc(C#N)cc2NC1=O. The minimum Gasteiger partial charge on any atom is -0.325 e. The fourth-order valence-corrected chi connectivity index (χ4v) is 5.45. The minimum absolute atomic E-state index is 0.0225. The number of nitriles is 1. The van der Waals surface area contributed by atoms with E-state index in [1.54, 1.807) is 36.7 Å². The second kappa shape index (κ2) is 11.6. The van der Waals surface area contributed by atoms with Gasteiger partial charge in [0.05, 0.1) is 64.1 Å². The van der Waals surface area contributed by atoms with Crippen LogP contribution in [0.15, 0.2) is 78.2 Å². The van der Waals surface area contributed by atoms with Crippen molar-refractivity contribution in [1.29, 1.82) is 5.26 Å². The number of amides is 1. The van der Waals surface area contributed by atoms with Crippen molar-refractivity contribution >= 4 is 23.2 Å². The summed E-state index contributed by atoms with van der Waals surface area (Å²) in [7, 11) is 0. The number of pyridine rings is 1. The smallest absolute Gasteiger partial charge is 0.254 e. The van der Waals surface area contributed by atoms with Crippen molar-refractivity contribution in [2.24, 2.45) is 5.92 Å². The number of rotatable bonds is 3. The first-order valence-corrected chi connectivity index (χ1v) is 14.0. The Balaban J connectivity index is 1.46. The molecule has 0 aliphatic carbocycles. The lowest BCUT2D eigenvalue weighted by Gasteiger charge is -2.23. The first kappa shape index (κ1) is 27.9. The standard InChI is InChI=1S/C31H24ClFN8O2/c1-18-3-2-4-26(24-14-20(9-10-35-24)21-6-5-19(16-34)13-23(21)38-31(18)43)40-17-36-25(15-28(40)42)29-27(41-12-11-37-39-41)8-7-22(32)30(29)33/h5-15,17-18,26H,2-4H2,1H3,(H,38,43)/t18-,26+/m1/s1. The van der Waals surface area contributed by atoms with Crippen molar-refractivity contribution in [2.45, 2.75) is 32.2 Å². The number of nitrogens with zero attached hydrogens (tertiary/aromatic N) is 7. The van der Waals surface area contributed by atoms with E-state index in [2.05, 4.69) is 31.7 Å². The lowest BCUT2D eigenvalue weighted by atomic mass is 9.95. The van der Waals surface area contributed by atoms with E-state index >= 15 is 4.39 Å². The number of anilines is 1. The van der Waals surface area contributed by atoms with E-state index in [0.29, 0.717) is 41.9 Å². The molecule has 1 N–H and O–H groups in total. The van der Waals surface area contributed by atoms with Gasteiger partial charge in [0.1, 0.15) is 0 Å². The molecular weight excluding hydrogens is 571 g/mol. The monoisotopic (exact) mass is 594 g/mol. The van der Waals surface area contributed by atoms with Gasteiger partial charge in [0, 0.05) is 29.4 Å². The molecule has 0 saturated carbocycles. The molecule has 12 heteroatoms. The number of hydrogen-bond acceptors (Lipinski definition) is 7. The van der Waals surface area contributed by atoms with Crippen LogP contribution in [0.25, 0.3) is 28.1 Å². The van der Waals surface area contributed by atoms with E-state index < -0.39 is 17.4 Å². The summed E-state index contributed by atoms with van der Waals surface area (Å²) in [5, 5.41) is 20.0. The number of hydrogen-bond donors (Lipinski definition) is 1. The van der Waals surface area contributed by atoms with Crippen LogP contribution in [0.4, 0.5) is 10.1 Å². The van der Waals surface area contributed by atoms with Crippen molar-refractivity contribution in [3.8, 4) is 34.1 Å². The Morgan fingerprint density at radius 2 is 1.93 bits per heavy atom. The molecule has 3 aromatic heterocycles. The average Bonchev–Trinajstić information content (AvgIpc) is 3.55. The van der Waals surface area contributed by atoms with Gasteiger partial charge in [-0.25, -0.2) is 14.1 Å². The van der Waals surface area contributed by atoms with E-state index in [4.69, 9.17) is 11.6 Å². The molecule has 6 rings (SSSR count). The third-order valence-electron chi connectivity index (χ3n) is 7.57. The Bertz CT molecular complexity index is 1950. The van der Waals surface area contributed by atoms with Gasteiger partial charge in [-0.2, -0.15) is 5.26 Å². The summed E-state index contributed by atoms with van der Waals surface area (Å²) < 4.78 is 18.2. The lowest BCUT2D eigenvalue weighted by molar-refractivity contribution is -0.119. The van der Waals surface area contributed by atoms with Gasteiger partial charge >= 0.3 is 0 Å². The maximum atomic E-state index is 15.4. The van der Waals surface area contributed by atoms with Crippen molar-refractivity contribution < 1.29 is 9.18 Å². The molecule has 0 spiro atoms. The van der Waals surface area contributed by atoms with E-state index in [1.807, 2.05) is 19.1 Å². The van der Waals surface area contributed by atoms with Gasteiger partial charge in [0.25, 0.3) is 5.56 Å². The number of carbonyl (C=O) groups excluding carboxylic acids is 1. The van der Waals surface area contributed by atoms with Gasteiger partial charge in [-0.15, -0.1) is 5.10 Å². The number of halogens is 2. The topological polar surface area (TPSA) is 131 Å². The first-order valence-electron chi connectivity index (χ1n) is 13.6. The number of benzene rings is 2. The highest BCUT2D eigenvalue weighted by Gasteiger charge is 2.24. The molecule has 0 unspecified atom stereocenters. The molecule has 1 aliphatic rings. The van der Waals surface area contributed by atoms with Crippen LogP contribution >= 0.6 is 11.6 Å². The molecule has 43 heavy (non-hydrogen) atoms. The van der Waals surface area contributed by atoms with Crippen LogP contribution in [0.1, 0.15) is 43.5 Å². The maximum absolute atomic E-state index is 15.4. The number of nitrogens with one attached hydrogen (secondary N) is 1. The number of aromatic nitrogens is 6. The average molecular weight is 595 g/mol. The highest BCUT2D eigenvalue weighted by molar-refractivity contribution is 6.31. The zero-order chi connectivity index (χ0) is 30.1. The summed E-state index contributed by atoms with van der Waals surface area (Å²) >= 11 is 6.11. The fourth-order valence-electron chi connectivity index (χ4n) is 5.29. The zero-order valence-electron chi connectivity index (χ0n) is 22.9. The van der Waals surface area contributed by atoms with Crippen LogP contribution in [0, 0.1) is 23.1 Å². The molecule has 10 nitrogen and oxygen atoms in total. The summed E-state index contributed by atoms with van der Waals surface area (Å²) in [6.45, 7) is 1.84. The highest BCUT2D eigenvalue weighted by atomic mass is 35.5. The Morgan fingerprint density at radius 3 is 2.70 bits per heavy atom. The molecule has 1 amide bonds. The predicted molar refractivity (Wildman–Crippen MR) is 158 cm³/mol. The van der Waals surface area contributed by atoms with Gasteiger partial charge < -0.3 is 5.32 Å². The van der Waals surface area contributed by atoms with Crippen LogP contribution in [-0.2, 0) is 4.79 Å². The summed E-state index contributed by atoms with van der Waals surface area (Å²) in [5.41, 5.74) is 3.09. The Morgan fingerprint density at radius 1 is 1.07 bits per heavy atom. The second-order valence-corrected chi connectivity index (χ2v) is 10.7. The Labute approximate surface area is 250 Å². The normalized spacial score (nSPS) is 16.7. The molecule has 2 aromatic carbocycles. The number of carbonyl (C=O) groups is 1. The van der Waals surface area contributed by atoms with E-state index in [9.17, 15) is 14.9 Å². The summed E-state index contributed by atoms with van der Waals surface area (Å²) in [6, 6.07) is 14.7. The maximum Gasteiger partial charge on any atom is 0.254 e. The molecule has 5 aromatic rings. The molecule has 2 bridgehead atoms. The van der Waals surface area contributed by atoms with Gasteiger partial charge in [-0.05, 0) is 54.8 Å². The summed E-state index contributed by atoms with van der Waals surface area (Å²) in [4.78, 5) is 35.8. The molecule has 0 fully saturated rings. The van der Waals surface area contributed by atoms with Crippen LogP contribution in [0.5, 0.6) is 0 Å². The molecule has 0 radical (unpaired) electrons. The zero-order valence-corrected chi connectivity index (χ0v) is 23.7. The van der Waals surface area contributed by atoms with Crippen LogP contribution in [0.3, 0.4) is 0 Å². The van der Waals surface area contributed by atoms with Crippen molar-refractivity contribution in [3.05, 3.63) is 106 Å². The third-order valence-corrected chi connectivity index (χ3v) is 7.86. The second-order valence-electron chi connectivity index (χ2n) is 10.3. The van der Waals surface area contributed by atoms with Gasteiger partial charge in [-0.1, -0.05) is 36.2 Å². The highest BCUT2D eigenvalue weighted by Crippen LogP contribution is 2.35. The van der Waals surface area contributed by atoms with Crippen molar-refractivity contribution in [2.75, 3.05) is 5.32 Å². The number of fused-ring (bicyclic) bond motifs is 4. The molecule has 4 heterocycles. The largest absolute Gasteiger partial charge is 0.325 e. The van der Waals surface area contributed by atoms with E-state index in [0.717, 1.165) is 11.1 Å². The lowest BCUT2D eigenvalue weighted by Crippen LogP contribution is -2.27. The van der Waals surface area contributed by atoms with Crippen molar-refractivity contribution in [1.82, 2.24) is 29.5 Å². The van der Waals surface area contributed by atoms with Gasteiger partial charge in [0.2, 0.25) is 5.91 Å². The van der Waals surface area contributed by atoms with E-state index in [1.165, 1.54) is 33.9 Å². The van der Waals surface area contributed by atoms with Crippen LogP contribution < -0.4 is 10.9 Å². The molecule has 2 atom stereocenters. The predicted octanol–water partition coefficient (Wildman–Crippen LogP) is 5.57. The van der Waals surface area contributed by atoms with E-state index in [-0.39, 0.29) is 28.1 Å². The first-order chi connectivity index (χ1) is 20.8. The van der Waals surface area contributed by atoms with Gasteiger partial charge in [-0.3, -0.25) is 19.1 Å². The quantitative estimate of drug-likeness (QED) is 0.289. The van der Waals surface area contributed by atoms with Crippen molar-refractivity contribution in [3.63, 3.8) is 0 Å². The minimum atomic E-state index is -0.731. The molecule has 1 aliphatic heterocycles. The molecule has 214 valence electrons. The third kappa shape index (κ3) is 5.40. The molecule has 0 saturated heterocycles. The molecular formula is C31H24ClFN8O2. The Hall–Kier alpha value is -5.21. The van der Waals surface area contributed by atoms with Crippen LogP contribution in [0.2, 0.25) is 5.02 Å². The Kier molecular flexibility index (Phi) is 7.52. The summed E-state index contributed by atoms with van der Waals surface area (Å²) in [6.07, 6.45) is 7.72. The fraction of sp³-hybridized carbons (Fsp3) is 0.194. The van der Waals surface area contributed by atoms with Gasteiger partial charge in [0.15, 0.2) is 5.82 Å². The van der Waals surface area contributed by atoms with Crippen LogP contribution in [-0.4, -0.2) is 35.4 Å². The summed E-state index contributed by atoms with van der Waals surface area (Å²) in [5.74, 6) is -1.20.